The third-order valence-electron chi connectivity index (χ3n) is 2.65. The zero-order valence-electron chi connectivity index (χ0n) is 8.51. The van der Waals surface area contributed by atoms with Crippen molar-refractivity contribution in [3.8, 4) is 0 Å². The Hall–Kier alpha value is -0.180. The molecule has 76 valence electrons. The first-order chi connectivity index (χ1) is 6.26. The zero-order chi connectivity index (χ0) is 9.68. The minimum absolute atomic E-state index is 0.201. The summed E-state index contributed by atoms with van der Waals surface area (Å²) in [6, 6.07) is 0.443. The van der Waals surface area contributed by atoms with Gasteiger partial charge in [0.15, 0.2) is 0 Å². The molecule has 0 aliphatic heterocycles. The highest BCUT2D eigenvalue weighted by atomic mass is 32.2. The van der Waals surface area contributed by atoms with E-state index < -0.39 is 0 Å². The zero-order valence-corrected chi connectivity index (χ0v) is 9.32. The van der Waals surface area contributed by atoms with Crippen LogP contribution in [0.2, 0.25) is 0 Å². The van der Waals surface area contributed by atoms with Gasteiger partial charge in [-0.2, -0.15) is 11.8 Å². The molecule has 1 amide bonds. The molecule has 1 aliphatic rings. The summed E-state index contributed by atoms with van der Waals surface area (Å²) in [5.41, 5.74) is 0. The lowest BCUT2D eigenvalue weighted by Crippen LogP contribution is -2.38. The fourth-order valence-electron chi connectivity index (χ4n) is 1.82. The van der Waals surface area contributed by atoms with Crippen LogP contribution in [0.25, 0.3) is 0 Å². The first-order valence-corrected chi connectivity index (χ1v) is 6.37. The highest BCUT2D eigenvalue weighted by molar-refractivity contribution is 7.99. The van der Waals surface area contributed by atoms with Crippen molar-refractivity contribution in [3.05, 3.63) is 0 Å². The van der Waals surface area contributed by atoms with Crippen LogP contribution < -0.4 is 5.32 Å². The molecule has 1 rings (SSSR count). The van der Waals surface area contributed by atoms with Gasteiger partial charge < -0.3 is 5.32 Å². The lowest BCUT2D eigenvalue weighted by atomic mass is 9.95. The summed E-state index contributed by atoms with van der Waals surface area (Å²) in [6.45, 7) is 1.91. The quantitative estimate of drug-likeness (QED) is 0.758. The Labute approximate surface area is 84.9 Å². The number of thioether (sulfide) groups is 1. The largest absolute Gasteiger partial charge is 0.353 e. The molecule has 13 heavy (non-hydrogen) atoms. The van der Waals surface area contributed by atoms with Crippen LogP contribution in [-0.2, 0) is 4.79 Å². The van der Waals surface area contributed by atoms with Crippen LogP contribution >= 0.6 is 11.8 Å². The van der Waals surface area contributed by atoms with Gasteiger partial charge in [0.25, 0.3) is 0 Å². The maximum Gasteiger partial charge on any atom is 0.219 e. The fraction of sp³-hybridized carbons (Fsp3) is 0.900. The number of rotatable bonds is 3. The maximum atomic E-state index is 11.2. The molecule has 0 aromatic carbocycles. The van der Waals surface area contributed by atoms with Gasteiger partial charge in [-0.05, 0) is 25.5 Å². The van der Waals surface area contributed by atoms with Crippen molar-refractivity contribution >= 4 is 17.7 Å². The van der Waals surface area contributed by atoms with Crippen LogP contribution in [0.4, 0.5) is 0 Å². The Morgan fingerprint density at radius 1 is 1.54 bits per heavy atom. The second-order valence-corrected chi connectivity index (χ2v) is 4.78. The van der Waals surface area contributed by atoms with E-state index in [2.05, 4.69) is 11.6 Å². The molecule has 2 unspecified atom stereocenters. The van der Waals surface area contributed by atoms with E-state index in [9.17, 15) is 4.79 Å². The van der Waals surface area contributed by atoms with Gasteiger partial charge in [0, 0.05) is 17.7 Å². The first-order valence-electron chi connectivity index (χ1n) is 5.08. The smallest absolute Gasteiger partial charge is 0.219 e. The number of nitrogens with one attached hydrogen (secondary N) is 1. The highest BCUT2D eigenvalue weighted by Crippen LogP contribution is 2.26. The van der Waals surface area contributed by atoms with Crippen LogP contribution in [-0.4, -0.2) is 23.5 Å². The van der Waals surface area contributed by atoms with Crippen molar-refractivity contribution in [2.24, 2.45) is 0 Å². The van der Waals surface area contributed by atoms with Crippen LogP contribution in [0.1, 0.15) is 39.0 Å². The molecule has 0 aromatic rings. The predicted molar refractivity (Wildman–Crippen MR) is 58.0 cm³/mol. The predicted octanol–water partition coefficient (Wildman–Crippen LogP) is 2.19. The van der Waals surface area contributed by atoms with Gasteiger partial charge in [-0.25, -0.2) is 0 Å². The molecule has 1 aliphatic carbocycles. The lowest BCUT2D eigenvalue weighted by Gasteiger charge is -2.28. The van der Waals surface area contributed by atoms with E-state index in [1.54, 1.807) is 0 Å². The van der Waals surface area contributed by atoms with E-state index in [1.807, 2.05) is 18.7 Å². The molecule has 1 saturated carbocycles. The molecule has 3 heteroatoms. The summed E-state index contributed by atoms with van der Waals surface area (Å²) >= 11 is 1.93. The number of carbonyl (C=O) groups is 1. The lowest BCUT2D eigenvalue weighted by molar-refractivity contribution is -0.121. The SMILES string of the molecule is CCC(=O)NC1CCCC(SC)C1. The van der Waals surface area contributed by atoms with Crippen LogP contribution in [0.15, 0.2) is 0 Å². The Morgan fingerprint density at radius 3 is 2.92 bits per heavy atom. The van der Waals surface area contributed by atoms with Gasteiger partial charge in [-0.1, -0.05) is 13.3 Å². The number of amides is 1. The van der Waals surface area contributed by atoms with Crippen molar-refractivity contribution in [2.45, 2.75) is 50.3 Å². The summed E-state index contributed by atoms with van der Waals surface area (Å²) in [6.07, 6.45) is 7.69. The molecule has 0 heterocycles. The minimum Gasteiger partial charge on any atom is -0.353 e. The molecular weight excluding hydrogens is 182 g/mol. The summed E-state index contributed by atoms with van der Waals surface area (Å²) in [5.74, 6) is 0.201. The van der Waals surface area contributed by atoms with Crippen molar-refractivity contribution in [1.29, 1.82) is 0 Å². The summed E-state index contributed by atoms with van der Waals surface area (Å²) in [4.78, 5) is 11.2. The highest BCUT2D eigenvalue weighted by Gasteiger charge is 2.21. The third kappa shape index (κ3) is 3.59. The monoisotopic (exact) mass is 201 g/mol. The molecule has 0 aromatic heterocycles. The second kappa shape index (κ2) is 5.53. The molecule has 1 N–H and O–H groups in total. The molecule has 0 bridgehead atoms. The van der Waals surface area contributed by atoms with E-state index in [1.165, 1.54) is 19.3 Å². The third-order valence-corrected chi connectivity index (χ3v) is 3.74. The van der Waals surface area contributed by atoms with Crippen molar-refractivity contribution < 1.29 is 4.79 Å². The van der Waals surface area contributed by atoms with Gasteiger partial charge >= 0.3 is 0 Å². The van der Waals surface area contributed by atoms with Gasteiger partial charge in [-0.15, -0.1) is 0 Å². The molecular formula is C10H19NOS. The van der Waals surface area contributed by atoms with Gasteiger partial charge in [-0.3, -0.25) is 4.79 Å². The standard InChI is InChI=1S/C10H19NOS/c1-3-10(12)11-8-5-4-6-9(7-8)13-2/h8-9H,3-7H2,1-2H3,(H,11,12). The maximum absolute atomic E-state index is 11.2. The average molecular weight is 201 g/mol. The van der Waals surface area contributed by atoms with Crippen molar-refractivity contribution in [2.75, 3.05) is 6.26 Å². The molecule has 0 spiro atoms. The Bertz CT molecular complexity index is 172. The van der Waals surface area contributed by atoms with Crippen molar-refractivity contribution in [1.82, 2.24) is 5.32 Å². The van der Waals surface area contributed by atoms with Crippen molar-refractivity contribution in [3.63, 3.8) is 0 Å². The summed E-state index contributed by atoms with van der Waals surface area (Å²) in [7, 11) is 0. The Morgan fingerprint density at radius 2 is 2.31 bits per heavy atom. The van der Waals surface area contributed by atoms with Crippen LogP contribution in [0.3, 0.4) is 0 Å². The molecule has 0 radical (unpaired) electrons. The van der Waals surface area contributed by atoms with E-state index in [0.717, 1.165) is 11.7 Å². The van der Waals surface area contributed by atoms with Crippen LogP contribution in [0.5, 0.6) is 0 Å². The summed E-state index contributed by atoms with van der Waals surface area (Å²) < 4.78 is 0. The van der Waals surface area contributed by atoms with Gasteiger partial charge in [0.2, 0.25) is 5.91 Å². The van der Waals surface area contributed by atoms with Gasteiger partial charge in [0.1, 0.15) is 0 Å². The van der Waals surface area contributed by atoms with E-state index in [-0.39, 0.29) is 5.91 Å². The Balaban J connectivity index is 2.29. The normalized spacial score (nSPS) is 28.5. The number of hydrogen-bond donors (Lipinski definition) is 1. The average Bonchev–Trinajstić information content (AvgIpc) is 2.18. The van der Waals surface area contributed by atoms with E-state index in [0.29, 0.717) is 12.5 Å². The van der Waals surface area contributed by atoms with E-state index in [4.69, 9.17) is 0 Å². The molecule has 1 fully saturated rings. The molecule has 2 atom stereocenters. The topological polar surface area (TPSA) is 29.1 Å². The Kier molecular flexibility index (Phi) is 4.64. The van der Waals surface area contributed by atoms with E-state index >= 15 is 0 Å². The molecule has 0 saturated heterocycles. The summed E-state index contributed by atoms with van der Waals surface area (Å²) in [5, 5.41) is 3.84. The second-order valence-electron chi connectivity index (χ2n) is 3.64. The number of hydrogen-bond acceptors (Lipinski definition) is 2. The number of carbonyl (C=O) groups excluding carboxylic acids is 1. The molecule has 2 nitrogen and oxygen atoms in total. The first kappa shape index (κ1) is 10.9. The minimum atomic E-state index is 0.201. The van der Waals surface area contributed by atoms with Crippen LogP contribution in [0, 0.1) is 0 Å². The fourth-order valence-corrected chi connectivity index (χ4v) is 2.65. The van der Waals surface area contributed by atoms with Gasteiger partial charge in [0.05, 0.1) is 0 Å².